The van der Waals surface area contributed by atoms with E-state index in [0.29, 0.717) is 17.5 Å². The third-order valence-corrected chi connectivity index (χ3v) is 3.26. The van der Waals surface area contributed by atoms with Crippen molar-refractivity contribution in [3.05, 3.63) is 70.3 Å². The van der Waals surface area contributed by atoms with Crippen LogP contribution >= 0.6 is 0 Å². The normalized spacial score (nSPS) is 10.2. The summed E-state index contributed by atoms with van der Waals surface area (Å²) in [5.74, 6) is -1.32. The zero-order valence-corrected chi connectivity index (χ0v) is 11.9. The van der Waals surface area contributed by atoms with Crippen molar-refractivity contribution in [1.82, 2.24) is 0 Å². The van der Waals surface area contributed by atoms with Crippen molar-refractivity contribution in [2.24, 2.45) is 0 Å². The molecule has 0 saturated carbocycles. The van der Waals surface area contributed by atoms with Crippen LogP contribution in [0.1, 0.15) is 37.4 Å². The van der Waals surface area contributed by atoms with Crippen molar-refractivity contribution < 1.29 is 19.4 Å². The summed E-state index contributed by atoms with van der Waals surface area (Å²) in [5.41, 5.74) is 3.49. The molecule has 1 N–H and O–H groups in total. The zero-order valence-electron chi connectivity index (χ0n) is 11.9. The fourth-order valence-electron chi connectivity index (χ4n) is 2.17. The number of rotatable bonds is 4. The van der Waals surface area contributed by atoms with Gasteiger partial charge in [-0.05, 0) is 42.7 Å². The number of aryl methyl sites for hydroxylation is 1. The first-order chi connectivity index (χ1) is 10.0. The third-order valence-electron chi connectivity index (χ3n) is 3.26. The zero-order chi connectivity index (χ0) is 15.4. The Bertz CT molecular complexity index is 672. The summed E-state index contributed by atoms with van der Waals surface area (Å²) in [6, 6.07) is 12.2. The van der Waals surface area contributed by atoms with Gasteiger partial charge < -0.3 is 9.84 Å². The summed E-state index contributed by atoms with van der Waals surface area (Å²) in [6.07, 6.45) is 0.505. The minimum atomic E-state index is -0.934. The van der Waals surface area contributed by atoms with Crippen molar-refractivity contribution in [3.8, 4) is 0 Å². The molecule has 0 heterocycles. The first kappa shape index (κ1) is 14.8. The maximum Gasteiger partial charge on any atom is 0.337 e. The summed E-state index contributed by atoms with van der Waals surface area (Å²) in [7, 11) is 1.34. The molecule has 0 aliphatic rings. The van der Waals surface area contributed by atoms with Gasteiger partial charge in [-0.2, -0.15) is 0 Å². The van der Waals surface area contributed by atoms with Gasteiger partial charge in [-0.3, -0.25) is 0 Å². The Hall–Kier alpha value is -2.62. The molecule has 21 heavy (non-hydrogen) atoms. The van der Waals surface area contributed by atoms with Gasteiger partial charge in [0, 0.05) is 0 Å². The van der Waals surface area contributed by atoms with Crippen LogP contribution < -0.4 is 0 Å². The van der Waals surface area contributed by atoms with E-state index in [2.05, 4.69) is 4.74 Å². The highest BCUT2D eigenvalue weighted by molar-refractivity contribution is 5.90. The van der Waals surface area contributed by atoms with Crippen LogP contribution in [0.5, 0.6) is 0 Å². The lowest BCUT2D eigenvalue weighted by atomic mass is 9.97. The topological polar surface area (TPSA) is 63.6 Å². The van der Waals surface area contributed by atoms with Crippen molar-refractivity contribution in [1.29, 1.82) is 0 Å². The molecule has 0 fully saturated rings. The Morgan fingerprint density at radius 1 is 1.10 bits per heavy atom. The molecule has 0 unspecified atom stereocenters. The van der Waals surface area contributed by atoms with Gasteiger partial charge in [0.1, 0.15) is 0 Å². The average Bonchev–Trinajstić information content (AvgIpc) is 2.47. The van der Waals surface area contributed by atoms with E-state index in [1.165, 1.54) is 7.11 Å². The Kier molecular flexibility index (Phi) is 4.38. The molecule has 2 aromatic rings. The maximum absolute atomic E-state index is 11.4. The average molecular weight is 284 g/mol. The second-order valence-electron chi connectivity index (χ2n) is 4.83. The van der Waals surface area contributed by atoms with E-state index in [4.69, 9.17) is 0 Å². The molecule has 0 aliphatic carbocycles. The standard InChI is InChI=1S/C17H16O4/c1-11-3-8-15(16(18)19)14(9-11)10-12-4-6-13(7-5-12)17(20)21-2/h3-9H,10H2,1-2H3,(H,18,19). The van der Waals surface area contributed by atoms with Gasteiger partial charge in [-0.1, -0.05) is 29.8 Å². The van der Waals surface area contributed by atoms with Gasteiger partial charge in [-0.15, -0.1) is 0 Å². The number of benzene rings is 2. The van der Waals surface area contributed by atoms with Gasteiger partial charge >= 0.3 is 11.9 Å². The van der Waals surface area contributed by atoms with Gasteiger partial charge in [0.05, 0.1) is 18.2 Å². The molecule has 0 saturated heterocycles. The molecule has 0 aromatic heterocycles. The number of hydrogen-bond acceptors (Lipinski definition) is 3. The highest BCUT2D eigenvalue weighted by atomic mass is 16.5. The van der Waals surface area contributed by atoms with E-state index >= 15 is 0 Å². The number of carboxylic acid groups (broad SMARTS) is 1. The summed E-state index contributed by atoms with van der Waals surface area (Å²) in [6.45, 7) is 1.93. The summed E-state index contributed by atoms with van der Waals surface area (Å²) in [4.78, 5) is 22.6. The lowest BCUT2D eigenvalue weighted by molar-refractivity contribution is 0.0600. The SMILES string of the molecule is COC(=O)c1ccc(Cc2cc(C)ccc2C(=O)O)cc1. The summed E-state index contributed by atoms with van der Waals surface area (Å²) >= 11 is 0. The molecule has 0 radical (unpaired) electrons. The second-order valence-corrected chi connectivity index (χ2v) is 4.83. The van der Waals surface area contributed by atoms with E-state index in [-0.39, 0.29) is 5.97 Å². The lowest BCUT2D eigenvalue weighted by Gasteiger charge is -2.08. The van der Waals surface area contributed by atoms with E-state index in [0.717, 1.165) is 16.7 Å². The quantitative estimate of drug-likeness (QED) is 0.876. The number of carbonyl (C=O) groups is 2. The predicted octanol–water partition coefficient (Wildman–Crippen LogP) is 3.07. The van der Waals surface area contributed by atoms with Crippen LogP contribution in [-0.4, -0.2) is 24.2 Å². The van der Waals surface area contributed by atoms with Crippen LogP contribution in [-0.2, 0) is 11.2 Å². The van der Waals surface area contributed by atoms with Gasteiger partial charge in [-0.25, -0.2) is 9.59 Å². The second kappa shape index (κ2) is 6.22. The summed E-state index contributed by atoms with van der Waals surface area (Å²) < 4.78 is 4.64. The molecule has 2 aromatic carbocycles. The molecule has 0 atom stereocenters. The minimum absolute atomic E-state index is 0.303. The van der Waals surface area contributed by atoms with Crippen LogP contribution in [0.2, 0.25) is 0 Å². The number of carbonyl (C=O) groups excluding carboxylic acids is 1. The molecule has 108 valence electrons. The first-order valence-corrected chi connectivity index (χ1v) is 6.51. The van der Waals surface area contributed by atoms with Crippen LogP contribution in [0.25, 0.3) is 0 Å². The summed E-state index contributed by atoms with van der Waals surface area (Å²) in [5, 5.41) is 9.22. The molecular formula is C17H16O4. The Morgan fingerprint density at radius 3 is 2.33 bits per heavy atom. The van der Waals surface area contributed by atoms with Gasteiger partial charge in [0.25, 0.3) is 0 Å². The van der Waals surface area contributed by atoms with Crippen LogP contribution in [0.4, 0.5) is 0 Å². The van der Waals surface area contributed by atoms with E-state index in [9.17, 15) is 14.7 Å². The van der Waals surface area contributed by atoms with Crippen LogP contribution in [0.15, 0.2) is 42.5 Å². The highest BCUT2D eigenvalue weighted by Gasteiger charge is 2.11. The molecule has 0 amide bonds. The van der Waals surface area contributed by atoms with E-state index in [1.54, 1.807) is 36.4 Å². The van der Waals surface area contributed by atoms with Gasteiger partial charge in [0.2, 0.25) is 0 Å². The van der Waals surface area contributed by atoms with E-state index in [1.807, 2.05) is 13.0 Å². The lowest BCUT2D eigenvalue weighted by Crippen LogP contribution is -2.04. The van der Waals surface area contributed by atoms with Crippen LogP contribution in [0, 0.1) is 6.92 Å². The number of hydrogen-bond donors (Lipinski definition) is 1. The molecule has 0 bridgehead atoms. The van der Waals surface area contributed by atoms with Crippen molar-refractivity contribution in [2.45, 2.75) is 13.3 Å². The number of ether oxygens (including phenoxy) is 1. The smallest absolute Gasteiger partial charge is 0.337 e. The number of aromatic carboxylic acids is 1. The predicted molar refractivity (Wildman–Crippen MR) is 78.7 cm³/mol. The Balaban J connectivity index is 2.28. The third kappa shape index (κ3) is 3.48. The first-order valence-electron chi connectivity index (χ1n) is 6.51. The monoisotopic (exact) mass is 284 g/mol. The Labute approximate surface area is 123 Å². The largest absolute Gasteiger partial charge is 0.478 e. The molecule has 0 spiro atoms. The fourth-order valence-corrected chi connectivity index (χ4v) is 2.17. The minimum Gasteiger partial charge on any atom is -0.478 e. The maximum atomic E-state index is 11.4. The van der Waals surface area contributed by atoms with Crippen LogP contribution in [0.3, 0.4) is 0 Å². The molecular weight excluding hydrogens is 268 g/mol. The Morgan fingerprint density at radius 2 is 1.76 bits per heavy atom. The number of esters is 1. The fraction of sp³-hybridized carbons (Fsp3) is 0.176. The highest BCUT2D eigenvalue weighted by Crippen LogP contribution is 2.17. The molecule has 4 nitrogen and oxygen atoms in total. The molecule has 4 heteroatoms. The van der Waals surface area contributed by atoms with Crippen molar-refractivity contribution in [3.63, 3.8) is 0 Å². The number of methoxy groups -OCH3 is 1. The van der Waals surface area contributed by atoms with E-state index < -0.39 is 5.97 Å². The molecule has 0 aliphatic heterocycles. The number of carboxylic acids is 1. The molecule has 2 rings (SSSR count). The van der Waals surface area contributed by atoms with Crippen molar-refractivity contribution >= 4 is 11.9 Å². The van der Waals surface area contributed by atoms with Crippen molar-refractivity contribution in [2.75, 3.05) is 7.11 Å². The van der Waals surface area contributed by atoms with Gasteiger partial charge in [0.15, 0.2) is 0 Å².